The maximum absolute atomic E-state index is 13.1. The number of hydrogen-bond donors (Lipinski definition) is 1. The second-order valence-corrected chi connectivity index (χ2v) is 8.30. The number of alkyl halides is 3. The van der Waals surface area contributed by atoms with Crippen LogP contribution in [0.1, 0.15) is 31.0 Å². The van der Waals surface area contributed by atoms with Crippen LogP contribution in [0.15, 0.2) is 36.5 Å². The first-order chi connectivity index (χ1) is 14.8. The summed E-state index contributed by atoms with van der Waals surface area (Å²) in [6, 6.07) is 7.22. The third-order valence-electron chi connectivity index (χ3n) is 6.40. The molecule has 0 bridgehead atoms. The zero-order valence-corrected chi connectivity index (χ0v) is 17.0. The van der Waals surface area contributed by atoms with Gasteiger partial charge in [-0.25, -0.2) is 4.79 Å². The zero-order chi connectivity index (χ0) is 21.8. The number of halogens is 3. The molecule has 1 aromatic carbocycles. The first kappa shape index (κ1) is 19.8. The van der Waals surface area contributed by atoms with Crippen molar-refractivity contribution in [3.63, 3.8) is 0 Å². The maximum Gasteiger partial charge on any atom is 0.416 e. The molecule has 1 unspecified atom stereocenters. The summed E-state index contributed by atoms with van der Waals surface area (Å²) >= 11 is 0. The summed E-state index contributed by atoms with van der Waals surface area (Å²) in [5.41, 5.74) is 2.15. The number of aryl methyl sites for hydroxylation is 1. The highest BCUT2D eigenvalue weighted by atomic mass is 19.4. The Morgan fingerprint density at radius 2 is 2.00 bits per heavy atom. The van der Waals surface area contributed by atoms with E-state index in [0.29, 0.717) is 41.8 Å². The van der Waals surface area contributed by atoms with E-state index in [1.165, 1.54) is 6.07 Å². The van der Waals surface area contributed by atoms with Gasteiger partial charge in [0.1, 0.15) is 0 Å². The van der Waals surface area contributed by atoms with Gasteiger partial charge in [0.2, 0.25) is 0 Å². The van der Waals surface area contributed by atoms with E-state index >= 15 is 0 Å². The van der Waals surface area contributed by atoms with Gasteiger partial charge in [0.25, 0.3) is 0 Å². The highest BCUT2D eigenvalue weighted by Gasteiger charge is 2.46. The highest BCUT2D eigenvalue weighted by molar-refractivity contribution is 5.83. The van der Waals surface area contributed by atoms with Crippen LogP contribution < -0.4 is 5.32 Å². The molecule has 4 heterocycles. The molecule has 3 aromatic rings. The number of rotatable bonds is 2. The number of hydrogen-bond acceptors (Lipinski definition) is 3. The van der Waals surface area contributed by atoms with Gasteiger partial charge in [-0.3, -0.25) is 9.67 Å². The van der Waals surface area contributed by atoms with Gasteiger partial charge in [-0.1, -0.05) is 0 Å². The van der Waals surface area contributed by atoms with E-state index in [1.54, 1.807) is 12.3 Å². The highest BCUT2D eigenvalue weighted by Crippen LogP contribution is 2.44. The number of aromatic nitrogens is 3. The lowest BCUT2D eigenvalue weighted by molar-refractivity contribution is -0.137. The second-order valence-electron chi connectivity index (χ2n) is 8.30. The Morgan fingerprint density at radius 3 is 2.77 bits per heavy atom. The van der Waals surface area contributed by atoms with Crippen molar-refractivity contribution in [3.8, 4) is 11.3 Å². The number of likely N-dealkylation sites (tertiary alicyclic amines) is 1. The molecule has 1 N–H and O–H groups in total. The minimum Gasteiger partial charge on any atom is -0.338 e. The molecule has 0 aliphatic carbocycles. The first-order valence-corrected chi connectivity index (χ1v) is 10.4. The van der Waals surface area contributed by atoms with E-state index in [9.17, 15) is 18.0 Å². The van der Waals surface area contributed by atoms with Crippen molar-refractivity contribution >= 4 is 16.9 Å². The van der Waals surface area contributed by atoms with Crippen molar-refractivity contribution in [2.75, 3.05) is 19.6 Å². The molecule has 1 fully saturated rings. The smallest absolute Gasteiger partial charge is 0.338 e. The summed E-state index contributed by atoms with van der Waals surface area (Å²) in [7, 11) is 0. The van der Waals surface area contributed by atoms with Crippen LogP contribution in [-0.4, -0.2) is 45.3 Å². The molecular weight excluding hydrogens is 407 g/mol. The van der Waals surface area contributed by atoms with Crippen LogP contribution in [-0.2, 0) is 18.1 Å². The number of fused-ring (bicyclic) bond motifs is 3. The Morgan fingerprint density at radius 1 is 1.19 bits per heavy atom. The standard InChI is InChI=1S/C22H22F3N5O/c1-2-26-20(31)29-7-5-21(13-29)6-8-30-19(21)11-18(28-30)15-9-14-10-16(22(23,24)25)3-4-17(14)27-12-15/h3-4,9-12H,2,5-8,13H2,1H3,(H,26,31). The molecular formula is C22H22F3N5O. The lowest BCUT2D eigenvalue weighted by atomic mass is 9.82. The van der Waals surface area contributed by atoms with Gasteiger partial charge in [0.05, 0.1) is 16.8 Å². The topological polar surface area (TPSA) is 63.1 Å². The van der Waals surface area contributed by atoms with E-state index in [1.807, 2.05) is 22.6 Å². The van der Waals surface area contributed by atoms with Crippen LogP contribution in [0, 0.1) is 0 Å². The van der Waals surface area contributed by atoms with Crippen LogP contribution in [0.25, 0.3) is 22.2 Å². The van der Waals surface area contributed by atoms with Gasteiger partial charge in [-0.2, -0.15) is 18.3 Å². The monoisotopic (exact) mass is 429 g/mol. The Bertz CT molecular complexity index is 1170. The molecule has 0 saturated carbocycles. The van der Waals surface area contributed by atoms with Crippen molar-refractivity contribution in [1.29, 1.82) is 0 Å². The summed E-state index contributed by atoms with van der Waals surface area (Å²) < 4.78 is 41.2. The van der Waals surface area contributed by atoms with Crippen LogP contribution in [0.4, 0.5) is 18.0 Å². The molecule has 9 heteroatoms. The van der Waals surface area contributed by atoms with E-state index in [2.05, 4.69) is 10.3 Å². The molecule has 1 atom stereocenters. The Balaban J connectivity index is 1.47. The van der Waals surface area contributed by atoms with E-state index in [-0.39, 0.29) is 11.4 Å². The number of nitrogens with zero attached hydrogens (tertiary/aromatic N) is 4. The van der Waals surface area contributed by atoms with Crippen LogP contribution >= 0.6 is 0 Å². The van der Waals surface area contributed by atoms with Crippen molar-refractivity contribution in [1.82, 2.24) is 25.0 Å². The van der Waals surface area contributed by atoms with Crippen molar-refractivity contribution < 1.29 is 18.0 Å². The van der Waals surface area contributed by atoms with E-state index in [0.717, 1.165) is 37.2 Å². The molecule has 0 radical (unpaired) electrons. The summed E-state index contributed by atoms with van der Waals surface area (Å²) in [4.78, 5) is 18.4. The van der Waals surface area contributed by atoms with Gasteiger partial charge < -0.3 is 10.2 Å². The predicted octanol–water partition coefficient (Wildman–Crippen LogP) is 4.19. The van der Waals surface area contributed by atoms with Crippen molar-refractivity contribution in [3.05, 3.63) is 47.8 Å². The van der Waals surface area contributed by atoms with Crippen molar-refractivity contribution in [2.24, 2.45) is 0 Å². The minimum atomic E-state index is -4.40. The summed E-state index contributed by atoms with van der Waals surface area (Å²) in [5, 5.41) is 7.99. The quantitative estimate of drug-likeness (QED) is 0.664. The Kier molecular flexibility index (Phi) is 4.46. The van der Waals surface area contributed by atoms with Gasteiger partial charge in [-0.05, 0) is 50.1 Å². The SMILES string of the molecule is CCNC(=O)N1CCC2(CCn3nc(-c4cnc5ccc(C(F)(F)F)cc5c4)cc32)C1. The van der Waals surface area contributed by atoms with Gasteiger partial charge >= 0.3 is 12.2 Å². The summed E-state index contributed by atoms with van der Waals surface area (Å²) in [6.45, 7) is 4.60. The summed E-state index contributed by atoms with van der Waals surface area (Å²) in [5.74, 6) is 0. The average molecular weight is 429 g/mol. The third kappa shape index (κ3) is 3.32. The molecule has 162 valence electrons. The average Bonchev–Trinajstić information content (AvgIpc) is 3.44. The normalized spacial score (nSPS) is 20.6. The fourth-order valence-electron chi connectivity index (χ4n) is 4.77. The second kappa shape index (κ2) is 6.96. The van der Waals surface area contributed by atoms with Crippen LogP contribution in [0.3, 0.4) is 0 Å². The fourth-order valence-corrected chi connectivity index (χ4v) is 4.77. The number of carbonyl (C=O) groups excluding carboxylic acids is 1. The van der Waals surface area contributed by atoms with E-state index in [4.69, 9.17) is 5.10 Å². The minimum absolute atomic E-state index is 0.0447. The predicted molar refractivity (Wildman–Crippen MR) is 110 cm³/mol. The molecule has 1 saturated heterocycles. The zero-order valence-electron chi connectivity index (χ0n) is 17.0. The number of amides is 2. The molecule has 2 aromatic heterocycles. The van der Waals surface area contributed by atoms with Gasteiger partial charge in [0, 0.05) is 54.4 Å². The molecule has 2 aliphatic rings. The molecule has 5 rings (SSSR count). The van der Waals surface area contributed by atoms with Gasteiger partial charge in [-0.15, -0.1) is 0 Å². The lowest BCUT2D eigenvalue weighted by Crippen LogP contribution is -2.40. The largest absolute Gasteiger partial charge is 0.416 e. The van der Waals surface area contributed by atoms with Crippen LogP contribution in [0.5, 0.6) is 0 Å². The number of carbonyl (C=O) groups is 1. The molecule has 31 heavy (non-hydrogen) atoms. The molecule has 1 spiro atoms. The lowest BCUT2D eigenvalue weighted by Gasteiger charge is -2.23. The van der Waals surface area contributed by atoms with E-state index < -0.39 is 11.7 Å². The number of benzene rings is 1. The van der Waals surface area contributed by atoms with Gasteiger partial charge in [0.15, 0.2) is 0 Å². The molecule has 2 amide bonds. The van der Waals surface area contributed by atoms with Crippen LogP contribution in [0.2, 0.25) is 0 Å². The molecule has 6 nitrogen and oxygen atoms in total. The summed E-state index contributed by atoms with van der Waals surface area (Å²) in [6.07, 6.45) is -0.947. The Labute approximate surface area is 177 Å². The Hall–Kier alpha value is -3.10. The number of nitrogens with one attached hydrogen (secondary N) is 1. The number of pyridine rings is 1. The maximum atomic E-state index is 13.1. The number of urea groups is 1. The first-order valence-electron chi connectivity index (χ1n) is 10.4. The van der Waals surface area contributed by atoms with Crippen molar-refractivity contribution in [2.45, 2.75) is 37.9 Å². The third-order valence-corrected chi connectivity index (χ3v) is 6.40. The molecule has 2 aliphatic heterocycles. The fraction of sp³-hybridized carbons (Fsp3) is 0.409.